The number of benzene rings is 2. The van der Waals surface area contributed by atoms with Crippen LogP contribution in [0, 0.1) is 6.92 Å². The first-order valence-electron chi connectivity index (χ1n) is 4.85. The third kappa shape index (κ3) is 2.14. The molecule has 1 nitrogen and oxygen atoms in total. The van der Waals surface area contributed by atoms with Gasteiger partial charge < -0.3 is 0 Å². The molecule has 0 bridgehead atoms. The van der Waals surface area contributed by atoms with Crippen LogP contribution in [-0.4, -0.2) is 0 Å². The quantitative estimate of drug-likeness (QED) is 0.590. The van der Waals surface area contributed by atoms with Crippen molar-refractivity contribution in [3.05, 3.63) is 48.0 Å². The van der Waals surface area contributed by atoms with Gasteiger partial charge in [0, 0.05) is 0 Å². The van der Waals surface area contributed by atoms with E-state index in [4.69, 9.17) is 5.73 Å². The average molecular weight is 230 g/mol. The van der Waals surface area contributed by atoms with Crippen LogP contribution >= 0.6 is 0 Å². The molecule has 0 atom stereocenters. The molecule has 2 aromatic carbocycles. The van der Waals surface area contributed by atoms with Crippen LogP contribution in [0.4, 0.5) is 5.69 Å². The van der Waals surface area contributed by atoms with E-state index in [9.17, 15) is 0 Å². The molecule has 73 valence electrons. The van der Waals surface area contributed by atoms with E-state index < -0.39 is 0 Å². The zero-order chi connectivity index (χ0) is 10.8. The molecule has 0 saturated carbocycles. The van der Waals surface area contributed by atoms with E-state index in [1.807, 2.05) is 32.6 Å². The van der Waals surface area contributed by atoms with Crippen LogP contribution in [0.3, 0.4) is 0 Å². The minimum absolute atomic E-state index is 0.876. The van der Waals surface area contributed by atoms with Crippen LogP contribution in [0.5, 0.6) is 0 Å². The van der Waals surface area contributed by atoms with Gasteiger partial charge in [0.1, 0.15) is 0 Å². The van der Waals surface area contributed by atoms with Crippen molar-refractivity contribution < 1.29 is 20.4 Å². The van der Waals surface area contributed by atoms with Gasteiger partial charge >= 0.3 is 102 Å². The molecule has 0 aliphatic heterocycles. The summed E-state index contributed by atoms with van der Waals surface area (Å²) in [5.74, 6) is 0. The number of aryl methyl sites for hydroxylation is 1. The van der Waals surface area contributed by atoms with Crippen LogP contribution in [-0.2, 0) is 20.4 Å². The second-order valence-corrected chi connectivity index (χ2v) is 4.47. The Morgan fingerprint density at radius 2 is 1.67 bits per heavy atom. The van der Waals surface area contributed by atoms with Crippen LogP contribution < -0.4 is 9.60 Å². The monoisotopic (exact) mass is 230 g/mol. The van der Waals surface area contributed by atoms with Crippen molar-refractivity contribution in [2.24, 2.45) is 0 Å². The zero-order valence-corrected chi connectivity index (χ0v) is 10.2. The van der Waals surface area contributed by atoms with Gasteiger partial charge in [0.15, 0.2) is 0 Å². The molecule has 0 saturated heterocycles. The van der Waals surface area contributed by atoms with Crippen molar-refractivity contribution in [2.45, 2.75) is 6.92 Å². The molecular formula is C13H12NTi. The molecule has 0 spiro atoms. The van der Waals surface area contributed by atoms with Crippen molar-refractivity contribution in [2.75, 3.05) is 5.73 Å². The van der Waals surface area contributed by atoms with Crippen molar-refractivity contribution in [1.29, 1.82) is 0 Å². The summed E-state index contributed by atoms with van der Waals surface area (Å²) in [5.41, 5.74) is 10.5. The summed E-state index contributed by atoms with van der Waals surface area (Å²) in [6.45, 7) is 2.09. The fourth-order valence-corrected chi connectivity index (χ4v) is 1.91. The number of anilines is 1. The molecule has 0 radical (unpaired) electrons. The topological polar surface area (TPSA) is 26.0 Å². The molecule has 2 aromatic rings. The fourth-order valence-electron chi connectivity index (χ4n) is 1.55. The van der Waals surface area contributed by atoms with Crippen molar-refractivity contribution in [1.82, 2.24) is 0 Å². The third-order valence-corrected chi connectivity index (χ3v) is 3.15. The van der Waals surface area contributed by atoms with Crippen molar-refractivity contribution in [3.8, 4) is 11.1 Å². The van der Waals surface area contributed by atoms with Crippen LogP contribution in [0.2, 0.25) is 0 Å². The van der Waals surface area contributed by atoms with Crippen molar-refractivity contribution >= 4 is 9.56 Å². The number of hydrogen-bond donors (Lipinski definition) is 1. The maximum absolute atomic E-state index is 6.05. The third-order valence-electron chi connectivity index (χ3n) is 2.47. The van der Waals surface area contributed by atoms with Crippen LogP contribution in [0.1, 0.15) is 5.56 Å². The summed E-state index contributed by atoms with van der Waals surface area (Å²) in [7, 11) is 0. The van der Waals surface area contributed by atoms with Crippen LogP contribution in [0.15, 0.2) is 42.5 Å². The number of rotatable bonds is 1. The second-order valence-electron chi connectivity index (χ2n) is 3.63. The molecule has 0 heterocycles. The number of para-hydroxylation sites is 1. The minimum atomic E-state index is 0.876. The van der Waals surface area contributed by atoms with Gasteiger partial charge in [0.05, 0.1) is 0 Å². The van der Waals surface area contributed by atoms with E-state index in [-0.39, 0.29) is 0 Å². The Morgan fingerprint density at radius 3 is 2.33 bits per heavy atom. The molecule has 0 aliphatic carbocycles. The second kappa shape index (κ2) is 4.22. The molecule has 0 aromatic heterocycles. The average Bonchev–Trinajstić information content (AvgIpc) is 2.24. The van der Waals surface area contributed by atoms with Gasteiger partial charge in [-0.1, -0.05) is 0 Å². The molecule has 0 unspecified atom stereocenters. The SMILES string of the molecule is Cc1ccc(-c2ccc[c]([Ti])c2N)cc1. The predicted molar refractivity (Wildman–Crippen MR) is 60.7 cm³/mol. The molecule has 15 heavy (non-hydrogen) atoms. The first-order valence-corrected chi connectivity index (χ1v) is 5.63. The summed E-state index contributed by atoms with van der Waals surface area (Å²) in [6.07, 6.45) is 0. The summed E-state index contributed by atoms with van der Waals surface area (Å²) in [6, 6.07) is 14.6. The van der Waals surface area contributed by atoms with E-state index in [0.29, 0.717) is 0 Å². The van der Waals surface area contributed by atoms with Gasteiger partial charge in [-0.3, -0.25) is 0 Å². The van der Waals surface area contributed by atoms with E-state index in [1.54, 1.807) is 0 Å². The van der Waals surface area contributed by atoms with Gasteiger partial charge in [0.25, 0.3) is 0 Å². The molecule has 0 aliphatic rings. The molecule has 2 N–H and O–H groups in total. The molecule has 2 heteroatoms. The summed E-state index contributed by atoms with van der Waals surface area (Å²) < 4.78 is 1.13. The molecule has 0 fully saturated rings. The Morgan fingerprint density at radius 1 is 1.00 bits per heavy atom. The Labute approximate surface area is 102 Å². The summed E-state index contributed by atoms with van der Waals surface area (Å²) in [5, 5.41) is 0. The normalized spacial score (nSPS) is 10.1. The Kier molecular flexibility index (Phi) is 2.94. The van der Waals surface area contributed by atoms with E-state index >= 15 is 0 Å². The summed E-state index contributed by atoms with van der Waals surface area (Å²) in [4.78, 5) is 0. The Bertz CT molecular complexity index is 474. The molecule has 0 amide bonds. The van der Waals surface area contributed by atoms with E-state index in [1.165, 1.54) is 11.1 Å². The standard InChI is InChI=1S/C13H12N.Ti/c1-10-6-8-11(9-7-10)12-4-2-3-5-13(12)14;/h2-4,6-9H,14H2,1H3;. The Hall–Kier alpha value is -1.05. The zero-order valence-electron chi connectivity index (χ0n) is 8.62. The number of hydrogen-bond acceptors (Lipinski definition) is 1. The van der Waals surface area contributed by atoms with Crippen LogP contribution in [0.25, 0.3) is 11.1 Å². The van der Waals surface area contributed by atoms with Gasteiger partial charge in [-0.25, -0.2) is 0 Å². The van der Waals surface area contributed by atoms with E-state index in [2.05, 4.69) is 37.3 Å². The maximum atomic E-state index is 6.05. The first kappa shape index (κ1) is 10.5. The van der Waals surface area contributed by atoms with Crippen molar-refractivity contribution in [3.63, 3.8) is 0 Å². The molecular weight excluding hydrogens is 218 g/mol. The predicted octanol–water partition coefficient (Wildman–Crippen LogP) is 2.42. The van der Waals surface area contributed by atoms with Gasteiger partial charge in [0.2, 0.25) is 0 Å². The van der Waals surface area contributed by atoms with Gasteiger partial charge in [-0.2, -0.15) is 0 Å². The summed E-state index contributed by atoms with van der Waals surface area (Å²) >= 11 is 2.03. The van der Waals surface area contributed by atoms with E-state index in [0.717, 1.165) is 15.1 Å². The fraction of sp³-hybridized carbons (Fsp3) is 0.0769. The number of nitrogens with two attached hydrogens (primary N) is 1. The first-order chi connectivity index (χ1) is 7.18. The van der Waals surface area contributed by atoms with Gasteiger partial charge in [-0.15, -0.1) is 0 Å². The number of nitrogen functional groups attached to an aromatic ring is 1. The molecule has 2 rings (SSSR count). The Balaban J connectivity index is 2.54. The van der Waals surface area contributed by atoms with Gasteiger partial charge in [-0.05, 0) is 0 Å².